The summed E-state index contributed by atoms with van der Waals surface area (Å²) in [5.74, 6) is 0.824. The Morgan fingerprint density at radius 1 is 1.09 bits per heavy atom. The second-order valence-corrected chi connectivity index (χ2v) is 7.65. The molecule has 1 aliphatic carbocycles. The van der Waals surface area contributed by atoms with E-state index in [1.165, 1.54) is 26.8 Å². The lowest BCUT2D eigenvalue weighted by atomic mass is 9.81. The number of hydrogen-bond donors (Lipinski definition) is 0. The Hall–Kier alpha value is -2.33. The Labute approximate surface area is 138 Å². The van der Waals surface area contributed by atoms with E-state index in [4.69, 9.17) is 0 Å². The standard InChI is InChI=1S/C19H15N3S/c1-10-21-9-12-15-14(23-18(12)22-10)7-6-11-16(15)19(2,3)13-5-4-8-20-17(11)13/h4-9H,1-3H3. The van der Waals surface area contributed by atoms with Gasteiger partial charge in [0.1, 0.15) is 10.7 Å². The lowest BCUT2D eigenvalue weighted by molar-refractivity contribution is 0.665. The van der Waals surface area contributed by atoms with Gasteiger partial charge in [-0.25, -0.2) is 9.97 Å². The first kappa shape index (κ1) is 13.1. The maximum Gasteiger partial charge on any atom is 0.128 e. The van der Waals surface area contributed by atoms with Gasteiger partial charge in [-0.1, -0.05) is 26.0 Å². The van der Waals surface area contributed by atoms with Crippen LogP contribution in [0.5, 0.6) is 0 Å². The lowest BCUT2D eigenvalue weighted by Gasteiger charge is -2.22. The SMILES string of the molecule is Cc1ncc2c(n1)sc1ccc3c(c12)C(C)(C)c1cccnc1-3. The number of rotatable bonds is 0. The molecule has 0 bridgehead atoms. The van der Waals surface area contributed by atoms with Gasteiger partial charge in [0.15, 0.2) is 0 Å². The molecule has 0 radical (unpaired) electrons. The molecule has 112 valence electrons. The molecule has 3 heterocycles. The zero-order valence-electron chi connectivity index (χ0n) is 13.2. The quantitative estimate of drug-likeness (QED) is 0.465. The van der Waals surface area contributed by atoms with E-state index in [1.807, 2.05) is 25.4 Å². The van der Waals surface area contributed by atoms with Crippen LogP contribution >= 0.6 is 11.3 Å². The summed E-state index contributed by atoms with van der Waals surface area (Å²) in [6, 6.07) is 8.65. The highest BCUT2D eigenvalue weighted by molar-refractivity contribution is 7.25. The van der Waals surface area contributed by atoms with Crippen LogP contribution in [0, 0.1) is 6.92 Å². The third-order valence-corrected chi connectivity index (χ3v) is 5.94. The average molecular weight is 317 g/mol. The van der Waals surface area contributed by atoms with Crippen molar-refractivity contribution in [2.45, 2.75) is 26.2 Å². The molecule has 0 amide bonds. The Morgan fingerprint density at radius 3 is 2.83 bits per heavy atom. The van der Waals surface area contributed by atoms with E-state index in [0.717, 1.165) is 21.7 Å². The van der Waals surface area contributed by atoms with Crippen LogP contribution in [0.4, 0.5) is 0 Å². The number of aromatic nitrogens is 3. The van der Waals surface area contributed by atoms with E-state index in [2.05, 4.69) is 47.0 Å². The van der Waals surface area contributed by atoms with Crippen LogP contribution in [-0.4, -0.2) is 15.0 Å². The van der Waals surface area contributed by atoms with Crippen molar-refractivity contribution in [3.05, 3.63) is 53.6 Å². The number of thiophene rings is 1. The normalized spacial score (nSPS) is 15.1. The number of benzene rings is 1. The number of nitrogens with zero attached hydrogens (tertiary/aromatic N) is 3. The van der Waals surface area contributed by atoms with Gasteiger partial charge in [-0.2, -0.15) is 0 Å². The smallest absolute Gasteiger partial charge is 0.128 e. The zero-order chi connectivity index (χ0) is 15.8. The van der Waals surface area contributed by atoms with Crippen molar-refractivity contribution >= 4 is 31.6 Å². The molecule has 0 saturated heterocycles. The molecule has 3 aromatic heterocycles. The predicted octanol–water partition coefficient (Wildman–Crippen LogP) is 4.85. The predicted molar refractivity (Wildman–Crippen MR) is 95.0 cm³/mol. The van der Waals surface area contributed by atoms with E-state index in [9.17, 15) is 0 Å². The molecule has 23 heavy (non-hydrogen) atoms. The summed E-state index contributed by atoms with van der Waals surface area (Å²) in [7, 11) is 0. The molecule has 0 spiro atoms. The number of fused-ring (bicyclic) bond motifs is 7. The van der Waals surface area contributed by atoms with Crippen molar-refractivity contribution in [1.29, 1.82) is 0 Å². The van der Waals surface area contributed by atoms with Crippen molar-refractivity contribution in [1.82, 2.24) is 15.0 Å². The molecule has 4 aromatic rings. The monoisotopic (exact) mass is 317 g/mol. The van der Waals surface area contributed by atoms with Crippen LogP contribution in [0.2, 0.25) is 0 Å². The van der Waals surface area contributed by atoms with E-state index in [0.29, 0.717) is 0 Å². The molecule has 0 N–H and O–H groups in total. The van der Waals surface area contributed by atoms with Crippen LogP contribution in [0.3, 0.4) is 0 Å². The second-order valence-electron chi connectivity index (χ2n) is 6.62. The van der Waals surface area contributed by atoms with Crippen LogP contribution in [0.25, 0.3) is 31.6 Å². The lowest BCUT2D eigenvalue weighted by Crippen LogP contribution is -2.15. The Morgan fingerprint density at radius 2 is 1.96 bits per heavy atom. The third-order valence-electron chi connectivity index (χ3n) is 4.88. The van der Waals surface area contributed by atoms with Gasteiger partial charge in [0.2, 0.25) is 0 Å². The second kappa shape index (κ2) is 4.15. The molecule has 0 fully saturated rings. The minimum atomic E-state index is -0.0582. The zero-order valence-corrected chi connectivity index (χ0v) is 14.0. The molecule has 0 atom stereocenters. The maximum absolute atomic E-state index is 4.65. The van der Waals surface area contributed by atoms with Gasteiger partial charge in [-0.05, 0) is 30.2 Å². The van der Waals surface area contributed by atoms with Crippen molar-refractivity contribution in [2.75, 3.05) is 0 Å². The summed E-state index contributed by atoms with van der Waals surface area (Å²) in [5.41, 5.74) is 4.97. The van der Waals surface area contributed by atoms with Gasteiger partial charge < -0.3 is 0 Å². The third kappa shape index (κ3) is 1.56. The van der Waals surface area contributed by atoms with E-state index in [1.54, 1.807) is 11.3 Å². The first-order chi connectivity index (χ1) is 11.1. The van der Waals surface area contributed by atoms with Crippen molar-refractivity contribution in [3.8, 4) is 11.3 Å². The highest BCUT2D eigenvalue weighted by Gasteiger charge is 2.38. The summed E-state index contributed by atoms with van der Waals surface area (Å²) in [6.45, 7) is 6.52. The fraction of sp³-hybridized carbons (Fsp3) is 0.211. The number of aryl methyl sites for hydroxylation is 1. The highest BCUT2D eigenvalue weighted by atomic mass is 32.1. The summed E-state index contributed by atoms with van der Waals surface area (Å²) >= 11 is 1.75. The molecule has 1 aliphatic rings. The number of pyridine rings is 1. The Kier molecular flexibility index (Phi) is 2.37. The minimum absolute atomic E-state index is 0.0582. The summed E-state index contributed by atoms with van der Waals surface area (Å²) in [4.78, 5) is 14.8. The largest absolute Gasteiger partial charge is 0.256 e. The highest BCUT2D eigenvalue weighted by Crippen LogP contribution is 2.52. The molecule has 0 saturated carbocycles. The van der Waals surface area contributed by atoms with Gasteiger partial charge in [0.05, 0.1) is 5.69 Å². The van der Waals surface area contributed by atoms with E-state index >= 15 is 0 Å². The first-order valence-corrected chi connectivity index (χ1v) is 8.54. The number of hydrogen-bond acceptors (Lipinski definition) is 4. The Bertz CT molecular complexity index is 1110. The summed E-state index contributed by atoms with van der Waals surface area (Å²) in [5, 5.41) is 2.46. The molecular formula is C19H15N3S. The van der Waals surface area contributed by atoms with Gasteiger partial charge in [0.25, 0.3) is 0 Å². The average Bonchev–Trinajstić information content (AvgIpc) is 3.00. The van der Waals surface area contributed by atoms with Crippen molar-refractivity contribution in [3.63, 3.8) is 0 Å². The van der Waals surface area contributed by atoms with Crippen molar-refractivity contribution < 1.29 is 0 Å². The molecule has 1 aromatic carbocycles. The summed E-state index contributed by atoms with van der Waals surface area (Å²) in [6.07, 6.45) is 3.86. The van der Waals surface area contributed by atoms with Crippen LogP contribution in [0.1, 0.15) is 30.8 Å². The topological polar surface area (TPSA) is 38.7 Å². The molecule has 0 aliphatic heterocycles. The summed E-state index contributed by atoms with van der Waals surface area (Å²) < 4.78 is 1.28. The molecule has 0 unspecified atom stereocenters. The Balaban J connectivity index is 2.00. The van der Waals surface area contributed by atoms with Gasteiger partial charge >= 0.3 is 0 Å². The first-order valence-electron chi connectivity index (χ1n) is 7.72. The molecule has 4 heteroatoms. The van der Waals surface area contributed by atoms with Crippen molar-refractivity contribution in [2.24, 2.45) is 0 Å². The van der Waals surface area contributed by atoms with Crippen LogP contribution in [0.15, 0.2) is 36.7 Å². The van der Waals surface area contributed by atoms with E-state index in [-0.39, 0.29) is 5.41 Å². The fourth-order valence-corrected chi connectivity index (χ4v) is 4.95. The minimum Gasteiger partial charge on any atom is -0.256 e. The molecule has 5 rings (SSSR count). The van der Waals surface area contributed by atoms with E-state index < -0.39 is 0 Å². The molecule has 3 nitrogen and oxygen atoms in total. The fourth-order valence-electron chi connectivity index (χ4n) is 3.84. The maximum atomic E-state index is 4.65. The van der Waals surface area contributed by atoms with Gasteiger partial charge in [0, 0.05) is 38.8 Å². The van der Waals surface area contributed by atoms with Crippen LogP contribution in [-0.2, 0) is 5.41 Å². The van der Waals surface area contributed by atoms with Gasteiger partial charge in [-0.15, -0.1) is 11.3 Å². The molecular weight excluding hydrogens is 302 g/mol. The van der Waals surface area contributed by atoms with Crippen LogP contribution < -0.4 is 0 Å². The van der Waals surface area contributed by atoms with Gasteiger partial charge in [-0.3, -0.25) is 4.98 Å².